The summed E-state index contributed by atoms with van der Waals surface area (Å²) in [5.41, 5.74) is 6.15. The number of aryl methyl sites for hydroxylation is 4. The minimum atomic E-state index is 0.829. The second kappa shape index (κ2) is 5.25. The van der Waals surface area contributed by atoms with Crippen LogP contribution in [-0.4, -0.2) is 9.78 Å². The molecule has 2 aromatic rings. The van der Waals surface area contributed by atoms with E-state index in [4.69, 9.17) is 0 Å². The fourth-order valence-electron chi connectivity index (χ4n) is 2.10. The van der Waals surface area contributed by atoms with E-state index in [0.29, 0.717) is 0 Å². The number of hydrogen-bond acceptors (Lipinski definition) is 2. The molecule has 3 nitrogen and oxygen atoms in total. The number of benzene rings is 1. The molecule has 1 N–H and O–H groups in total. The van der Waals surface area contributed by atoms with Crippen molar-refractivity contribution < 1.29 is 0 Å². The van der Waals surface area contributed by atoms with Gasteiger partial charge in [-0.15, -0.1) is 0 Å². The quantitative estimate of drug-likeness (QED) is 0.891. The maximum absolute atomic E-state index is 4.45. The second-order valence-electron chi connectivity index (χ2n) is 4.77. The van der Waals surface area contributed by atoms with Crippen LogP contribution >= 0.6 is 0 Å². The average molecular weight is 243 g/mol. The van der Waals surface area contributed by atoms with Gasteiger partial charge < -0.3 is 5.32 Å². The number of rotatable bonds is 4. The highest BCUT2D eigenvalue weighted by atomic mass is 15.3. The van der Waals surface area contributed by atoms with Crippen molar-refractivity contribution in [2.24, 2.45) is 0 Å². The van der Waals surface area contributed by atoms with Crippen molar-refractivity contribution in [3.63, 3.8) is 0 Å². The number of aromatic nitrogens is 2. The van der Waals surface area contributed by atoms with Gasteiger partial charge in [0.25, 0.3) is 0 Å². The lowest BCUT2D eigenvalue weighted by atomic mass is 10.1. The van der Waals surface area contributed by atoms with Crippen LogP contribution in [0.15, 0.2) is 24.4 Å². The zero-order valence-electron chi connectivity index (χ0n) is 11.6. The Morgan fingerprint density at radius 2 is 2.00 bits per heavy atom. The first kappa shape index (κ1) is 12.7. The maximum Gasteiger partial charge on any atom is 0.0643 e. The Bertz CT molecular complexity index is 541. The standard InChI is InChI=1S/C15H21N3/c1-5-18-10-14(13(4)17-18)9-16-15-7-6-11(2)8-12(15)3/h6-8,10,16H,5,9H2,1-4H3. The highest BCUT2D eigenvalue weighted by molar-refractivity contribution is 5.52. The Morgan fingerprint density at radius 1 is 1.22 bits per heavy atom. The van der Waals surface area contributed by atoms with Gasteiger partial charge in [-0.2, -0.15) is 5.10 Å². The van der Waals surface area contributed by atoms with Crippen molar-refractivity contribution >= 4 is 5.69 Å². The van der Waals surface area contributed by atoms with E-state index in [9.17, 15) is 0 Å². The predicted molar refractivity (Wildman–Crippen MR) is 75.9 cm³/mol. The Labute approximate surface area is 109 Å². The zero-order chi connectivity index (χ0) is 13.1. The molecule has 0 aliphatic carbocycles. The van der Waals surface area contributed by atoms with Crippen LogP contribution in [0.5, 0.6) is 0 Å². The van der Waals surface area contributed by atoms with E-state index in [2.05, 4.69) is 62.5 Å². The van der Waals surface area contributed by atoms with Crippen LogP contribution in [0.2, 0.25) is 0 Å². The molecule has 2 rings (SSSR count). The van der Waals surface area contributed by atoms with E-state index in [1.165, 1.54) is 22.4 Å². The highest BCUT2D eigenvalue weighted by Gasteiger charge is 2.04. The number of nitrogens with one attached hydrogen (secondary N) is 1. The van der Waals surface area contributed by atoms with Crippen molar-refractivity contribution in [1.82, 2.24) is 9.78 Å². The lowest BCUT2D eigenvalue weighted by molar-refractivity contribution is 0.653. The smallest absolute Gasteiger partial charge is 0.0643 e. The van der Waals surface area contributed by atoms with Gasteiger partial charge in [0.15, 0.2) is 0 Å². The monoisotopic (exact) mass is 243 g/mol. The molecule has 0 aliphatic heterocycles. The van der Waals surface area contributed by atoms with Crippen molar-refractivity contribution in [2.75, 3.05) is 5.32 Å². The fraction of sp³-hybridized carbons (Fsp3) is 0.400. The third kappa shape index (κ3) is 2.73. The Morgan fingerprint density at radius 3 is 2.61 bits per heavy atom. The summed E-state index contributed by atoms with van der Waals surface area (Å²) in [5, 5.41) is 7.94. The molecule has 1 aromatic carbocycles. The SMILES string of the molecule is CCn1cc(CNc2ccc(C)cc2C)c(C)n1. The molecule has 0 radical (unpaired) electrons. The van der Waals surface area contributed by atoms with Crippen molar-refractivity contribution in [1.29, 1.82) is 0 Å². The van der Waals surface area contributed by atoms with E-state index in [-0.39, 0.29) is 0 Å². The van der Waals surface area contributed by atoms with Gasteiger partial charge in [0.1, 0.15) is 0 Å². The maximum atomic E-state index is 4.45. The number of hydrogen-bond donors (Lipinski definition) is 1. The largest absolute Gasteiger partial charge is 0.381 e. The molecular weight excluding hydrogens is 222 g/mol. The molecule has 0 atom stereocenters. The highest BCUT2D eigenvalue weighted by Crippen LogP contribution is 2.17. The van der Waals surface area contributed by atoms with E-state index < -0.39 is 0 Å². The second-order valence-corrected chi connectivity index (χ2v) is 4.77. The van der Waals surface area contributed by atoms with Crippen LogP contribution in [0, 0.1) is 20.8 Å². The molecule has 0 unspecified atom stereocenters. The third-order valence-corrected chi connectivity index (χ3v) is 3.22. The molecular formula is C15H21N3. The van der Waals surface area contributed by atoms with Gasteiger partial charge >= 0.3 is 0 Å². The van der Waals surface area contributed by atoms with Crippen molar-refractivity contribution in [2.45, 2.75) is 40.8 Å². The molecule has 1 aromatic heterocycles. The van der Waals surface area contributed by atoms with Crippen LogP contribution in [0.25, 0.3) is 0 Å². The molecule has 0 bridgehead atoms. The Hall–Kier alpha value is -1.77. The van der Waals surface area contributed by atoms with Crippen LogP contribution in [0.4, 0.5) is 5.69 Å². The van der Waals surface area contributed by atoms with Gasteiger partial charge in [-0.25, -0.2) is 0 Å². The van der Waals surface area contributed by atoms with Crippen molar-refractivity contribution in [3.05, 3.63) is 46.8 Å². The fourth-order valence-corrected chi connectivity index (χ4v) is 2.10. The predicted octanol–water partition coefficient (Wildman–Crippen LogP) is 3.44. The summed E-state index contributed by atoms with van der Waals surface area (Å²) >= 11 is 0. The summed E-state index contributed by atoms with van der Waals surface area (Å²) in [7, 11) is 0. The molecule has 18 heavy (non-hydrogen) atoms. The molecule has 0 saturated heterocycles. The summed E-state index contributed by atoms with van der Waals surface area (Å²) in [4.78, 5) is 0. The van der Waals surface area contributed by atoms with E-state index in [0.717, 1.165) is 18.8 Å². The van der Waals surface area contributed by atoms with Gasteiger partial charge in [-0.3, -0.25) is 4.68 Å². The van der Waals surface area contributed by atoms with Crippen LogP contribution in [0.1, 0.15) is 29.3 Å². The van der Waals surface area contributed by atoms with Gasteiger partial charge in [-0.1, -0.05) is 17.7 Å². The average Bonchev–Trinajstić information content (AvgIpc) is 2.69. The summed E-state index contributed by atoms with van der Waals surface area (Å²) in [6, 6.07) is 6.48. The molecule has 0 fully saturated rings. The molecule has 0 amide bonds. The first-order valence-electron chi connectivity index (χ1n) is 6.44. The van der Waals surface area contributed by atoms with E-state index >= 15 is 0 Å². The first-order chi connectivity index (χ1) is 8.60. The topological polar surface area (TPSA) is 29.9 Å². The number of anilines is 1. The lowest BCUT2D eigenvalue weighted by Crippen LogP contribution is -2.01. The van der Waals surface area contributed by atoms with Gasteiger partial charge in [0.2, 0.25) is 0 Å². The molecule has 0 spiro atoms. The Kier molecular flexibility index (Phi) is 3.70. The minimum absolute atomic E-state index is 0.829. The molecule has 0 saturated carbocycles. The van der Waals surface area contributed by atoms with Gasteiger partial charge in [0, 0.05) is 30.5 Å². The number of nitrogens with zero attached hydrogens (tertiary/aromatic N) is 2. The summed E-state index contributed by atoms with van der Waals surface area (Å²) in [5.74, 6) is 0. The zero-order valence-corrected chi connectivity index (χ0v) is 11.6. The summed E-state index contributed by atoms with van der Waals surface area (Å²) in [6.45, 7) is 10.2. The van der Waals surface area contributed by atoms with Crippen LogP contribution in [-0.2, 0) is 13.1 Å². The van der Waals surface area contributed by atoms with Gasteiger partial charge in [-0.05, 0) is 39.3 Å². The summed E-state index contributed by atoms with van der Waals surface area (Å²) < 4.78 is 1.98. The first-order valence-corrected chi connectivity index (χ1v) is 6.44. The molecule has 1 heterocycles. The van der Waals surface area contributed by atoms with Crippen LogP contribution in [0.3, 0.4) is 0 Å². The normalized spacial score (nSPS) is 10.7. The van der Waals surface area contributed by atoms with Gasteiger partial charge in [0.05, 0.1) is 5.69 Å². The van der Waals surface area contributed by atoms with E-state index in [1.54, 1.807) is 0 Å². The summed E-state index contributed by atoms with van der Waals surface area (Å²) in [6.07, 6.45) is 2.12. The molecule has 96 valence electrons. The molecule has 0 aliphatic rings. The lowest BCUT2D eigenvalue weighted by Gasteiger charge is -2.09. The minimum Gasteiger partial charge on any atom is -0.381 e. The van der Waals surface area contributed by atoms with Crippen LogP contribution < -0.4 is 5.32 Å². The Balaban J connectivity index is 2.08. The molecule has 3 heteroatoms. The van der Waals surface area contributed by atoms with Crippen molar-refractivity contribution in [3.8, 4) is 0 Å². The van der Waals surface area contributed by atoms with E-state index in [1.807, 2.05) is 4.68 Å². The third-order valence-electron chi connectivity index (χ3n) is 3.22.